The number of likely N-dealkylation sites (tertiary alicyclic amines) is 2. The Morgan fingerprint density at radius 1 is 1.15 bits per heavy atom. The molecule has 5 nitrogen and oxygen atoms in total. The Morgan fingerprint density at radius 2 is 1.80 bits per heavy atom. The van der Waals surface area contributed by atoms with E-state index in [-0.39, 0.29) is 11.6 Å². The summed E-state index contributed by atoms with van der Waals surface area (Å²) in [5.41, 5.74) is 0.0519. The van der Waals surface area contributed by atoms with Crippen LogP contribution in [0, 0.1) is 0 Å². The third-order valence-electron chi connectivity index (χ3n) is 5.17. The Morgan fingerprint density at radius 3 is 2.40 bits per heavy atom. The Labute approximate surface area is 121 Å². The fourth-order valence-electron chi connectivity index (χ4n) is 3.90. The summed E-state index contributed by atoms with van der Waals surface area (Å²) in [7, 11) is 3.64. The van der Waals surface area contributed by atoms with Gasteiger partial charge in [-0.2, -0.15) is 0 Å². The predicted octanol–water partition coefficient (Wildman–Crippen LogP) is 1.39. The molecule has 0 aromatic heterocycles. The van der Waals surface area contributed by atoms with Crippen molar-refractivity contribution in [3.8, 4) is 0 Å². The van der Waals surface area contributed by atoms with Crippen molar-refractivity contribution in [2.24, 2.45) is 0 Å². The summed E-state index contributed by atoms with van der Waals surface area (Å²) in [5, 5.41) is 0. The summed E-state index contributed by atoms with van der Waals surface area (Å²) < 4.78 is 6.20. The summed E-state index contributed by atoms with van der Waals surface area (Å²) in [4.78, 5) is 18.2. The van der Waals surface area contributed by atoms with E-state index >= 15 is 0 Å². The largest absolute Gasteiger partial charge is 0.373 e. The van der Waals surface area contributed by atoms with E-state index in [1.807, 2.05) is 19.0 Å². The number of nitrogens with zero attached hydrogens (tertiary/aromatic N) is 3. The predicted molar refractivity (Wildman–Crippen MR) is 77.8 cm³/mol. The van der Waals surface area contributed by atoms with E-state index in [1.54, 1.807) is 4.90 Å². The van der Waals surface area contributed by atoms with Crippen molar-refractivity contribution in [3.05, 3.63) is 0 Å². The molecule has 114 valence electrons. The third-order valence-corrected chi connectivity index (χ3v) is 5.17. The molecular formula is C15H27N3O2. The maximum Gasteiger partial charge on any atom is 0.319 e. The lowest BCUT2D eigenvalue weighted by Crippen LogP contribution is -2.49. The Bertz CT molecular complexity index is 358. The van der Waals surface area contributed by atoms with Gasteiger partial charge in [-0.3, -0.25) is 4.90 Å². The molecule has 3 aliphatic rings. The molecule has 0 bridgehead atoms. The maximum atomic E-state index is 12.0. The lowest BCUT2D eigenvalue weighted by molar-refractivity contribution is -0.0381. The van der Waals surface area contributed by atoms with Crippen LogP contribution in [0.15, 0.2) is 0 Å². The van der Waals surface area contributed by atoms with Crippen LogP contribution in [0.3, 0.4) is 0 Å². The van der Waals surface area contributed by atoms with Crippen molar-refractivity contribution in [2.45, 2.75) is 43.7 Å². The summed E-state index contributed by atoms with van der Waals surface area (Å²) >= 11 is 0. The first kappa shape index (κ1) is 14.1. The molecule has 2 amide bonds. The zero-order chi connectivity index (χ0) is 14.2. The second kappa shape index (κ2) is 5.53. The van der Waals surface area contributed by atoms with Gasteiger partial charge in [-0.25, -0.2) is 4.79 Å². The molecule has 0 radical (unpaired) electrons. The molecule has 0 aromatic rings. The Kier molecular flexibility index (Phi) is 3.91. The molecule has 20 heavy (non-hydrogen) atoms. The van der Waals surface area contributed by atoms with Crippen molar-refractivity contribution >= 4 is 6.03 Å². The zero-order valence-corrected chi connectivity index (χ0v) is 12.8. The van der Waals surface area contributed by atoms with Crippen LogP contribution in [0.2, 0.25) is 0 Å². The van der Waals surface area contributed by atoms with E-state index in [4.69, 9.17) is 4.74 Å². The minimum Gasteiger partial charge on any atom is -0.373 e. The van der Waals surface area contributed by atoms with Gasteiger partial charge in [0.2, 0.25) is 0 Å². The smallest absolute Gasteiger partial charge is 0.319 e. The number of urea groups is 1. The van der Waals surface area contributed by atoms with Crippen LogP contribution in [-0.2, 0) is 4.74 Å². The van der Waals surface area contributed by atoms with Crippen LogP contribution in [-0.4, -0.2) is 79.3 Å². The Balaban J connectivity index is 1.54. The van der Waals surface area contributed by atoms with Gasteiger partial charge in [0.25, 0.3) is 0 Å². The molecule has 0 saturated carbocycles. The first-order valence-electron chi connectivity index (χ1n) is 7.94. The SMILES string of the molecule is CN(C)C(=O)N1CCC2(CC1)C[C@@H](N1CCCC1)CO2. The van der Waals surface area contributed by atoms with Gasteiger partial charge in [0, 0.05) is 33.2 Å². The maximum absolute atomic E-state index is 12.0. The van der Waals surface area contributed by atoms with Crippen LogP contribution >= 0.6 is 0 Å². The molecule has 0 N–H and O–H groups in total. The molecular weight excluding hydrogens is 254 g/mol. The van der Waals surface area contributed by atoms with E-state index in [0.29, 0.717) is 6.04 Å². The Hall–Kier alpha value is -0.810. The van der Waals surface area contributed by atoms with E-state index in [0.717, 1.165) is 39.0 Å². The average Bonchev–Trinajstić information content (AvgIpc) is 3.08. The van der Waals surface area contributed by atoms with Crippen molar-refractivity contribution < 1.29 is 9.53 Å². The van der Waals surface area contributed by atoms with E-state index in [9.17, 15) is 4.79 Å². The fourth-order valence-corrected chi connectivity index (χ4v) is 3.90. The van der Waals surface area contributed by atoms with Crippen LogP contribution in [0.1, 0.15) is 32.1 Å². The van der Waals surface area contributed by atoms with Crippen molar-refractivity contribution in [1.29, 1.82) is 0 Å². The summed E-state index contributed by atoms with van der Waals surface area (Å²) in [5.74, 6) is 0. The lowest BCUT2D eigenvalue weighted by Gasteiger charge is -2.39. The van der Waals surface area contributed by atoms with Crippen LogP contribution in [0.4, 0.5) is 4.79 Å². The van der Waals surface area contributed by atoms with E-state index in [1.165, 1.54) is 25.9 Å². The number of carbonyl (C=O) groups excluding carboxylic acids is 1. The molecule has 3 rings (SSSR count). The number of rotatable bonds is 1. The molecule has 5 heteroatoms. The number of piperidine rings is 1. The van der Waals surface area contributed by atoms with Gasteiger partial charge in [0.05, 0.1) is 12.2 Å². The third kappa shape index (κ3) is 2.66. The van der Waals surface area contributed by atoms with Gasteiger partial charge in [-0.15, -0.1) is 0 Å². The minimum absolute atomic E-state index is 0.0519. The van der Waals surface area contributed by atoms with Crippen molar-refractivity contribution in [1.82, 2.24) is 14.7 Å². The van der Waals surface area contributed by atoms with E-state index in [2.05, 4.69) is 4.90 Å². The molecule has 0 unspecified atom stereocenters. The molecule has 1 spiro atoms. The van der Waals surface area contributed by atoms with Gasteiger partial charge >= 0.3 is 6.03 Å². The lowest BCUT2D eigenvalue weighted by atomic mass is 9.87. The van der Waals surface area contributed by atoms with Gasteiger partial charge < -0.3 is 14.5 Å². The molecule has 0 aliphatic carbocycles. The standard InChI is InChI=1S/C15H27N3O2/c1-16(2)14(19)18-9-5-15(6-10-18)11-13(12-20-15)17-7-3-4-8-17/h13H,3-12H2,1-2H3/t13-/m1/s1. The average molecular weight is 281 g/mol. The van der Waals surface area contributed by atoms with Crippen LogP contribution in [0.25, 0.3) is 0 Å². The highest BCUT2D eigenvalue weighted by Crippen LogP contribution is 2.38. The second-order valence-corrected chi connectivity index (χ2v) is 6.76. The second-order valence-electron chi connectivity index (χ2n) is 6.76. The van der Waals surface area contributed by atoms with Gasteiger partial charge in [-0.05, 0) is 45.2 Å². The molecule has 3 heterocycles. The summed E-state index contributed by atoms with van der Waals surface area (Å²) in [6.45, 7) is 5.06. The van der Waals surface area contributed by atoms with E-state index < -0.39 is 0 Å². The van der Waals surface area contributed by atoms with Gasteiger partial charge in [0.1, 0.15) is 0 Å². The number of amides is 2. The fraction of sp³-hybridized carbons (Fsp3) is 0.933. The van der Waals surface area contributed by atoms with Crippen molar-refractivity contribution in [3.63, 3.8) is 0 Å². The zero-order valence-electron chi connectivity index (χ0n) is 12.8. The topological polar surface area (TPSA) is 36.0 Å². The van der Waals surface area contributed by atoms with Crippen LogP contribution in [0.5, 0.6) is 0 Å². The van der Waals surface area contributed by atoms with Gasteiger partial charge in [0.15, 0.2) is 0 Å². The monoisotopic (exact) mass is 281 g/mol. The molecule has 3 aliphatic heterocycles. The minimum atomic E-state index is 0.0519. The quantitative estimate of drug-likeness (QED) is 0.728. The van der Waals surface area contributed by atoms with Gasteiger partial charge in [-0.1, -0.05) is 0 Å². The molecule has 1 atom stereocenters. The first-order chi connectivity index (χ1) is 9.60. The number of ether oxygens (including phenoxy) is 1. The number of hydrogen-bond acceptors (Lipinski definition) is 3. The summed E-state index contributed by atoms with van der Waals surface area (Å²) in [6.07, 6.45) is 5.84. The van der Waals surface area contributed by atoms with Crippen molar-refractivity contribution in [2.75, 3.05) is 46.9 Å². The highest BCUT2D eigenvalue weighted by atomic mass is 16.5. The molecule has 3 saturated heterocycles. The first-order valence-corrected chi connectivity index (χ1v) is 7.94. The number of carbonyl (C=O) groups is 1. The molecule has 0 aromatic carbocycles. The number of hydrogen-bond donors (Lipinski definition) is 0. The van der Waals surface area contributed by atoms with Crippen LogP contribution < -0.4 is 0 Å². The normalized spacial score (nSPS) is 30.1. The summed E-state index contributed by atoms with van der Waals surface area (Å²) in [6, 6.07) is 0.752. The highest BCUT2D eigenvalue weighted by molar-refractivity contribution is 5.73. The highest BCUT2D eigenvalue weighted by Gasteiger charge is 2.45. The molecule has 3 fully saturated rings.